The maximum Gasteiger partial charge on any atom is 0.231 e. The number of primary amides is 1. The summed E-state index contributed by atoms with van der Waals surface area (Å²) in [5, 5.41) is 5.59. The Morgan fingerprint density at radius 1 is 0.935 bits per heavy atom. The van der Waals surface area contributed by atoms with Gasteiger partial charge in [0.15, 0.2) is 0 Å². The van der Waals surface area contributed by atoms with Crippen LogP contribution in [0.5, 0.6) is 0 Å². The molecule has 1 aliphatic heterocycles. The Bertz CT molecular complexity index is 542. The Morgan fingerprint density at radius 2 is 1.48 bits per heavy atom. The molecular formula is C21H43N7O3. The molecule has 0 spiro atoms. The maximum atomic E-state index is 11.7. The first kappa shape index (κ1) is 27.3. The first-order valence-corrected chi connectivity index (χ1v) is 11.2. The number of hydrogen-bond acceptors (Lipinski definition) is 7. The summed E-state index contributed by atoms with van der Waals surface area (Å²) in [5.74, 6) is -0.326. The van der Waals surface area contributed by atoms with Gasteiger partial charge in [-0.2, -0.15) is 0 Å². The lowest BCUT2D eigenvalue weighted by Crippen LogP contribution is -2.54. The Hall–Kier alpha value is -1.75. The zero-order valence-electron chi connectivity index (χ0n) is 19.8. The molecule has 4 N–H and O–H groups in total. The normalized spacial score (nSPS) is 21.6. The van der Waals surface area contributed by atoms with Crippen molar-refractivity contribution in [3.05, 3.63) is 0 Å². The predicted octanol–water partition coefficient (Wildman–Crippen LogP) is -1.07. The molecule has 1 heterocycles. The lowest BCUT2D eigenvalue weighted by Gasteiger charge is -2.40. The zero-order valence-corrected chi connectivity index (χ0v) is 19.8. The van der Waals surface area contributed by atoms with Gasteiger partial charge in [0.25, 0.3) is 0 Å². The van der Waals surface area contributed by atoms with Crippen LogP contribution in [0.25, 0.3) is 0 Å². The van der Waals surface area contributed by atoms with Crippen LogP contribution in [0.4, 0.5) is 0 Å². The van der Waals surface area contributed by atoms with Crippen LogP contribution in [0.15, 0.2) is 0 Å². The number of carbonyl (C=O) groups excluding carboxylic acids is 3. The highest BCUT2D eigenvalue weighted by Gasteiger charge is 2.28. The van der Waals surface area contributed by atoms with Gasteiger partial charge in [-0.3, -0.25) is 29.1 Å². The molecule has 0 aromatic rings. The smallest absolute Gasteiger partial charge is 0.231 e. The molecule has 0 bridgehead atoms. The minimum atomic E-state index is -0.326. The Morgan fingerprint density at radius 3 is 2.03 bits per heavy atom. The van der Waals surface area contributed by atoms with Crippen molar-refractivity contribution in [3.63, 3.8) is 0 Å². The molecule has 1 saturated heterocycles. The summed E-state index contributed by atoms with van der Waals surface area (Å²) in [6.07, 6.45) is 2.35. The maximum absolute atomic E-state index is 11.7. The van der Waals surface area contributed by atoms with Gasteiger partial charge in [0, 0.05) is 51.9 Å². The summed E-state index contributed by atoms with van der Waals surface area (Å²) in [7, 11) is 0. The van der Waals surface area contributed by atoms with Gasteiger partial charge in [-0.1, -0.05) is 27.7 Å². The number of hydrogen-bond donors (Lipinski definition) is 3. The fraction of sp³-hybridized carbons (Fsp3) is 0.857. The highest BCUT2D eigenvalue weighted by Crippen LogP contribution is 2.24. The van der Waals surface area contributed by atoms with E-state index in [1.807, 2.05) is 0 Å². The van der Waals surface area contributed by atoms with Crippen molar-refractivity contribution in [2.24, 2.45) is 11.1 Å². The van der Waals surface area contributed by atoms with E-state index >= 15 is 0 Å². The Labute approximate surface area is 187 Å². The van der Waals surface area contributed by atoms with Gasteiger partial charge in [-0.05, 0) is 18.4 Å². The van der Waals surface area contributed by atoms with Gasteiger partial charge in [0.1, 0.15) is 0 Å². The average Bonchev–Trinajstić information content (AvgIpc) is 2.68. The lowest BCUT2D eigenvalue weighted by molar-refractivity contribution is -0.119. The van der Waals surface area contributed by atoms with E-state index in [-0.39, 0.29) is 23.9 Å². The van der Waals surface area contributed by atoms with Crippen LogP contribution in [0.1, 0.15) is 34.1 Å². The molecule has 10 heteroatoms. The molecule has 1 rings (SSSR count). The fourth-order valence-corrected chi connectivity index (χ4v) is 4.01. The van der Waals surface area contributed by atoms with Crippen LogP contribution in [-0.4, -0.2) is 117 Å². The number of nitrogens with one attached hydrogen (secondary N) is 2. The van der Waals surface area contributed by atoms with Crippen LogP contribution in [0, 0.1) is 5.41 Å². The van der Waals surface area contributed by atoms with Gasteiger partial charge in [-0.15, -0.1) is 0 Å². The molecule has 0 radical (unpaired) electrons. The number of nitrogens with two attached hydrogens (primary N) is 1. The van der Waals surface area contributed by atoms with Gasteiger partial charge in [-0.25, -0.2) is 0 Å². The molecule has 0 aromatic carbocycles. The first-order valence-electron chi connectivity index (χ1n) is 11.2. The summed E-state index contributed by atoms with van der Waals surface area (Å²) < 4.78 is 0. The number of nitrogens with zero attached hydrogens (tertiary/aromatic N) is 4. The fourth-order valence-electron chi connectivity index (χ4n) is 4.01. The van der Waals surface area contributed by atoms with Crippen molar-refractivity contribution < 1.29 is 14.4 Å². The molecular weight excluding hydrogens is 398 g/mol. The van der Waals surface area contributed by atoms with Crippen molar-refractivity contribution >= 4 is 18.7 Å². The molecule has 1 atom stereocenters. The quantitative estimate of drug-likeness (QED) is 0.370. The van der Waals surface area contributed by atoms with E-state index in [1.54, 1.807) is 0 Å². The topological polar surface area (TPSA) is 114 Å². The summed E-state index contributed by atoms with van der Waals surface area (Å²) in [6, 6.07) is 0.141. The number of carbonyl (C=O) groups is 3. The molecule has 0 aromatic heterocycles. The van der Waals surface area contributed by atoms with Crippen LogP contribution in [0.2, 0.25) is 0 Å². The van der Waals surface area contributed by atoms with Crippen LogP contribution >= 0.6 is 0 Å². The van der Waals surface area contributed by atoms with Crippen molar-refractivity contribution in [1.29, 1.82) is 0 Å². The van der Waals surface area contributed by atoms with Crippen molar-refractivity contribution in [2.45, 2.75) is 40.2 Å². The SMILES string of the molecule is CCN1CCN(CNC=O)CCN(CNC=O)C(CC(C)(C)C)CN(CC(N)=O)CC1. The average molecular weight is 442 g/mol. The summed E-state index contributed by atoms with van der Waals surface area (Å²) in [5.41, 5.74) is 5.63. The standard InChI is InChI=1S/C21H43N7O3/c1-5-25-6-8-26(15-23-17-29)10-11-28(16-24-18-30)19(12-21(2,3)4)13-27(9-7-25)14-20(22)31/h17-19H,5-16H2,1-4H3,(H2,22,31)(H,23,29)(H,24,30). The van der Waals surface area contributed by atoms with Crippen LogP contribution < -0.4 is 16.4 Å². The van der Waals surface area contributed by atoms with Gasteiger partial charge in [0.2, 0.25) is 18.7 Å². The van der Waals surface area contributed by atoms with Gasteiger partial charge in [0.05, 0.1) is 19.9 Å². The zero-order chi connectivity index (χ0) is 23.3. The monoisotopic (exact) mass is 441 g/mol. The second-order valence-electron chi connectivity index (χ2n) is 9.44. The number of likely N-dealkylation sites (N-methyl/N-ethyl adjacent to an activating group) is 1. The second kappa shape index (κ2) is 14.3. The lowest BCUT2D eigenvalue weighted by atomic mass is 9.87. The van der Waals surface area contributed by atoms with E-state index in [9.17, 15) is 14.4 Å². The molecule has 0 saturated carbocycles. The predicted molar refractivity (Wildman–Crippen MR) is 122 cm³/mol. The minimum absolute atomic E-state index is 0.0772. The highest BCUT2D eigenvalue weighted by molar-refractivity contribution is 5.75. The Kier molecular flexibility index (Phi) is 12.6. The summed E-state index contributed by atoms with van der Waals surface area (Å²) >= 11 is 0. The van der Waals surface area contributed by atoms with Gasteiger partial charge >= 0.3 is 0 Å². The number of rotatable bonds is 10. The summed E-state index contributed by atoms with van der Waals surface area (Å²) in [6.45, 7) is 16.3. The van der Waals surface area contributed by atoms with E-state index in [1.165, 1.54) is 0 Å². The van der Waals surface area contributed by atoms with E-state index in [2.05, 4.69) is 57.9 Å². The summed E-state index contributed by atoms with van der Waals surface area (Å²) in [4.78, 5) is 42.6. The van der Waals surface area contributed by atoms with Crippen molar-refractivity contribution in [2.75, 3.05) is 72.2 Å². The van der Waals surface area contributed by atoms with Crippen molar-refractivity contribution in [3.8, 4) is 0 Å². The molecule has 1 aliphatic rings. The molecule has 10 nitrogen and oxygen atoms in total. The third-order valence-corrected chi connectivity index (χ3v) is 5.60. The molecule has 180 valence electrons. The minimum Gasteiger partial charge on any atom is -0.369 e. The van der Waals surface area contributed by atoms with E-state index in [4.69, 9.17) is 5.73 Å². The first-order chi connectivity index (χ1) is 14.7. The van der Waals surface area contributed by atoms with Crippen molar-refractivity contribution in [1.82, 2.24) is 30.2 Å². The highest BCUT2D eigenvalue weighted by atomic mass is 16.1. The Balaban J connectivity index is 3.14. The molecule has 1 unspecified atom stereocenters. The van der Waals surface area contributed by atoms with Gasteiger partial charge < -0.3 is 21.3 Å². The molecule has 1 fully saturated rings. The second-order valence-corrected chi connectivity index (χ2v) is 9.44. The van der Waals surface area contributed by atoms with E-state index in [0.29, 0.717) is 19.9 Å². The number of amides is 3. The van der Waals surface area contributed by atoms with E-state index < -0.39 is 0 Å². The molecule has 31 heavy (non-hydrogen) atoms. The molecule has 3 amide bonds. The molecule has 0 aliphatic carbocycles. The third kappa shape index (κ3) is 12.0. The van der Waals surface area contributed by atoms with Crippen LogP contribution in [0.3, 0.4) is 0 Å². The van der Waals surface area contributed by atoms with Crippen LogP contribution in [-0.2, 0) is 14.4 Å². The van der Waals surface area contributed by atoms with E-state index in [0.717, 1.165) is 65.1 Å². The third-order valence-electron chi connectivity index (χ3n) is 5.60. The largest absolute Gasteiger partial charge is 0.369 e.